The second-order valence-electron chi connectivity index (χ2n) is 7.89. The number of fused-ring (bicyclic) bond motifs is 1. The van der Waals surface area contributed by atoms with Crippen LogP contribution in [0.25, 0.3) is 28.0 Å². The first-order valence-corrected chi connectivity index (χ1v) is 10.9. The van der Waals surface area contributed by atoms with Gasteiger partial charge >= 0.3 is 6.18 Å². The molecule has 0 aliphatic rings. The molecule has 0 aliphatic heterocycles. The number of hydrogen-bond acceptors (Lipinski definition) is 4. The van der Waals surface area contributed by atoms with Gasteiger partial charge < -0.3 is 9.30 Å². The first kappa shape index (κ1) is 23.1. The molecule has 6 nitrogen and oxygen atoms in total. The van der Waals surface area contributed by atoms with E-state index in [2.05, 4.69) is 10.1 Å². The van der Waals surface area contributed by atoms with Gasteiger partial charge in [-0.25, -0.2) is 4.98 Å². The van der Waals surface area contributed by atoms with Gasteiger partial charge in [0, 0.05) is 17.4 Å². The largest absolute Gasteiger partial charge is 0.497 e. The van der Waals surface area contributed by atoms with Crippen molar-refractivity contribution >= 4 is 17.1 Å². The lowest BCUT2D eigenvalue weighted by Crippen LogP contribution is -2.20. The fourth-order valence-electron chi connectivity index (χ4n) is 3.85. The monoisotopic (exact) mass is 488 g/mol. The average molecular weight is 488 g/mol. The van der Waals surface area contributed by atoms with Gasteiger partial charge in [-0.05, 0) is 60.7 Å². The Balaban J connectivity index is 1.65. The Hall–Kier alpha value is -4.66. The van der Waals surface area contributed by atoms with E-state index in [9.17, 15) is 18.0 Å². The third-order valence-electron chi connectivity index (χ3n) is 5.64. The summed E-state index contributed by atoms with van der Waals surface area (Å²) in [5, 5.41) is 4.68. The number of alkyl halides is 3. The lowest BCUT2D eigenvalue weighted by Gasteiger charge is -2.12. The van der Waals surface area contributed by atoms with Gasteiger partial charge in [-0.1, -0.05) is 24.3 Å². The van der Waals surface area contributed by atoms with Crippen LogP contribution in [0.1, 0.15) is 11.3 Å². The predicted molar refractivity (Wildman–Crippen MR) is 132 cm³/mol. The zero-order valence-electron chi connectivity index (χ0n) is 19.0. The summed E-state index contributed by atoms with van der Waals surface area (Å²) in [5.74, 6) is 0.712. The van der Waals surface area contributed by atoms with Crippen molar-refractivity contribution in [1.82, 2.24) is 14.2 Å². The van der Waals surface area contributed by atoms with Crippen LogP contribution < -0.4 is 10.3 Å². The van der Waals surface area contributed by atoms with Crippen molar-refractivity contribution in [1.29, 1.82) is 0 Å². The summed E-state index contributed by atoms with van der Waals surface area (Å²) >= 11 is 0. The molecule has 2 heterocycles. The molecule has 0 saturated heterocycles. The Morgan fingerprint density at radius 3 is 2.47 bits per heavy atom. The van der Waals surface area contributed by atoms with Gasteiger partial charge in [-0.15, -0.1) is 0 Å². The van der Waals surface area contributed by atoms with E-state index in [-0.39, 0.29) is 11.4 Å². The van der Waals surface area contributed by atoms with E-state index in [0.29, 0.717) is 22.3 Å². The highest BCUT2D eigenvalue weighted by molar-refractivity contribution is 5.81. The smallest absolute Gasteiger partial charge is 0.416 e. The zero-order valence-corrected chi connectivity index (χ0v) is 19.0. The molecule has 0 fully saturated rings. The molecule has 0 N–H and O–H groups in total. The van der Waals surface area contributed by atoms with Gasteiger partial charge in [0.05, 0.1) is 35.5 Å². The van der Waals surface area contributed by atoms with E-state index in [1.807, 2.05) is 41.1 Å². The Labute approximate surface area is 203 Å². The first-order chi connectivity index (χ1) is 17.3. The maximum Gasteiger partial charge on any atom is 0.416 e. The summed E-state index contributed by atoms with van der Waals surface area (Å²) in [7, 11) is 1.58. The third-order valence-corrected chi connectivity index (χ3v) is 5.64. The van der Waals surface area contributed by atoms with Gasteiger partial charge in [0.2, 0.25) is 0 Å². The van der Waals surface area contributed by atoms with E-state index in [4.69, 9.17) is 4.74 Å². The number of halogens is 3. The van der Waals surface area contributed by atoms with Crippen LogP contribution in [0.15, 0.2) is 101 Å². The molecule has 36 heavy (non-hydrogen) atoms. The molecular weight excluding hydrogens is 469 g/mol. The predicted octanol–water partition coefficient (Wildman–Crippen LogP) is 5.76. The summed E-state index contributed by atoms with van der Waals surface area (Å²) in [5.41, 5.74) is 0.635. The summed E-state index contributed by atoms with van der Waals surface area (Å²) in [6, 6.07) is 22.3. The van der Waals surface area contributed by atoms with Crippen LogP contribution in [0, 0.1) is 0 Å². The van der Waals surface area contributed by atoms with Crippen molar-refractivity contribution in [3.05, 3.63) is 113 Å². The highest BCUT2D eigenvalue weighted by Crippen LogP contribution is 2.32. The van der Waals surface area contributed by atoms with Gasteiger partial charge in [0.25, 0.3) is 5.56 Å². The molecule has 0 radical (unpaired) electrons. The fraction of sp³-hybridized carbons (Fsp3) is 0.0741. The third kappa shape index (κ3) is 4.38. The minimum Gasteiger partial charge on any atom is -0.497 e. The number of benzene rings is 3. The molecule has 0 amide bonds. The van der Waals surface area contributed by atoms with Crippen molar-refractivity contribution in [2.75, 3.05) is 7.11 Å². The molecule has 3 aromatic carbocycles. The summed E-state index contributed by atoms with van der Waals surface area (Å²) < 4.78 is 48.2. The highest BCUT2D eigenvalue weighted by Gasteiger charge is 2.31. The van der Waals surface area contributed by atoms with Crippen molar-refractivity contribution in [3.8, 4) is 22.8 Å². The lowest BCUT2D eigenvalue weighted by molar-refractivity contribution is -0.137. The maximum absolute atomic E-state index is 13.4. The molecule has 2 aromatic heterocycles. The number of nitrogens with zero attached hydrogens (tertiary/aromatic N) is 4. The second kappa shape index (κ2) is 9.18. The number of hydrogen-bond donors (Lipinski definition) is 0. The number of methoxy groups -OCH3 is 1. The molecule has 5 rings (SSSR count). The van der Waals surface area contributed by atoms with Gasteiger partial charge in [0.1, 0.15) is 5.75 Å². The maximum atomic E-state index is 13.4. The van der Waals surface area contributed by atoms with Crippen LogP contribution in [0.5, 0.6) is 5.75 Å². The van der Waals surface area contributed by atoms with Gasteiger partial charge in [0.15, 0.2) is 5.82 Å². The zero-order chi connectivity index (χ0) is 25.3. The fourth-order valence-corrected chi connectivity index (χ4v) is 3.85. The number of aromatic nitrogens is 3. The van der Waals surface area contributed by atoms with Crippen molar-refractivity contribution < 1.29 is 17.9 Å². The minimum absolute atomic E-state index is 0.00334. The minimum atomic E-state index is -4.54. The molecule has 0 bridgehead atoms. The van der Waals surface area contributed by atoms with Gasteiger partial charge in [-0.2, -0.15) is 22.9 Å². The number of ether oxygens (including phenoxy) is 1. The van der Waals surface area contributed by atoms with Crippen LogP contribution in [0.4, 0.5) is 13.2 Å². The van der Waals surface area contributed by atoms with Crippen molar-refractivity contribution in [2.24, 2.45) is 5.10 Å². The van der Waals surface area contributed by atoms with Gasteiger partial charge in [-0.3, -0.25) is 4.79 Å². The molecule has 0 atom stereocenters. The van der Waals surface area contributed by atoms with Crippen LogP contribution in [-0.2, 0) is 6.18 Å². The lowest BCUT2D eigenvalue weighted by atomic mass is 10.1. The normalized spacial score (nSPS) is 11.9. The highest BCUT2D eigenvalue weighted by atomic mass is 19.4. The van der Waals surface area contributed by atoms with Crippen LogP contribution in [0.3, 0.4) is 0 Å². The number of rotatable bonds is 5. The molecule has 0 aliphatic carbocycles. The Morgan fingerprint density at radius 2 is 1.72 bits per heavy atom. The van der Waals surface area contributed by atoms with E-state index < -0.39 is 17.3 Å². The molecular formula is C27H19F3N4O2. The van der Waals surface area contributed by atoms with E-state index >= 15 is 0 Å². The first-order valence-electron chi connectivity index (χ1n) is 10.9. The van der Waals surface area contributed by atoms with Crippen molar-refractivity contribution in [3.63, 3.8) is 0 Å². The SMILES string of the molecule is COc1ccc(-n2cccc2C=Nn2c(-c3cccc(C(F)(F)F)c3)nc3ccccc3c2=O)cc1. The topological polar surface area (TPSA) is 61.4 Å². The number of para-hydroxylation sites is 1. The van der Waals surface area contributed by atoms with Crippen LogP contribution >= 0.6 is 0 Å². The van der Waals surface area contributed by atoms with Crippen molar-refractivity contribution in [2.45, 2.75) is 6.18 Å². The summed E-state index contributed by atoms with van der Waals surface area (Å²) in [6.45, 7) is 0. The summed E-state index contributed by atoms with van der Waals surface area (Å²) in [4.78, 5) is 17.8. The standard InChI is InChI=1S/C27H19F3N4O2/c1-36-22-13-11-20(12-14-22)33-15-5-8-21(33)17-31-34-25(18-6-4-7-19(16-18)27(28,29)30)32-24-10-3-2-9-23(24)26(34)35/h2-17H,1H3. The van der Waals surface area contributed by atoms with Crippen LogP contribution in [-0.4, -0.2) is 27.6 Å². The molecule has 9 heteroatoms. The van der Waals surface area contributed by atoms with E-state index in [1.54, 1.807) is 37.4 Å². The molecule has 0 unspecified atom stereocenters. The van der Waals surface area contributed by atoms with E-state index in [1.165, 1.54) is 18.3 Å². The molecule has 0 spiro atoms. The molecule has 0 saturated carbocycles. The average Bonchev–Trinajstić information content (AvgIpc) is 3.36. The second-order valence-corrected chi connectivity index (χ2v) is 7.89. The Kier molecular flexibility index (Phi) is 5.89. The molecule has 180 valence electrons. The van der Waals surface area contributed by atoms with Crippen LogP contribution in [0.2, 0.25) is 0 Å². The molecule has 5 aromatic rings. The quantitative estimate of drug-likeness (QED) is 0.296. The Morgan fingerprint density at radius 1 is 0.944 bits per heavy atom. The summed E-state index contributed by atoms with van der Waals surface area (Å²) in [6.07, 6.45) is -1.24. The van der Waals surface area contributed by atoms with E-state index in [0.717, 1.165) is 22.5 Å². The Bertz CT molecular complexity index is 1630.